The fraction of sp³-hybridized carbons (Fsp3) is 0.125. The van der Waals surface area contributed by atoms with Crippen molar-refractivity contribution >= 4 is 17.6 Å². The molecule has 0 saturated carbocycles. The number of hydrogen-bond donors (Lipinski definition) is 1. The molecule has 1 amide bonds. The summed E-state index contributed by atoms with van der Waals surface area (Å²) >= 11 is 0. The first-order chi connectivity index (χ1) is 10.7. The molecular weight excluding hydrogens is 286 g/mol. The number of carbonyl (C=O) groups is 2. The fourth-order valence-electron chi connectivity index (χ4n) is 2.02. The zero-order valence-electron chi connectivity index (χ0n) is 11.8. The van der Waals surface area contributed by atoms with Gasteiger partial charge in [-0.3, -0.25) is 4.79 Å². The molecule has 6 nitrogen and oxygen atoms in total. The normalized spacial score (nSPS) is 12.7. The van der Waals surface area contributed by atoms with Crippen molar-refractivity contribution in [2.24, 2.45) is 0 Å². The van der Waals surface area contributed by atoms with Gasteiger partial charge in [0.25, 0.3) is 5.91 Å². The maximum absolute atomic E-state index is 12.1. The molecule has 1 heterocycles. The van der Waals surface area contributed by atoms with Crippen LogP contribution in [0.1, 0.15) is 10.4 Å². The Bertz CT molecular complexity index is 724. The fourth-order valence-corrected chi connectivity index (χ4v) is 2.02. The second-order valence-corrected chi connectivity index (χ2v) is 4.61. The van der Waals surface area contributed by atoms with E-state index >= 15 is 0 Å². The van der Waals surface area contributed by atoms with E-state index in [4.69, 9.17) is 14.2 Å². The van der Waals surface area contributed by atoms with Gasteiger partial charge in [0.1, 0.15) is 17.2 Å². The molecular formula is C16H13NO5. The molecule has 22 heavy (non-hydrogen) atoms. The third-order valence-electron chi connectivity index (χ3n) is 3.12. The highest BCUT2D eigenvalue weighted by atomic mass is 16.5. The van der Waals surface area contributed by atoms with Gasteiger partial charge in [0.05, 0.1) is 18.4 Å². The summed E-state index contributed by atoms with van der Waals surface area (Å²) in [5.74, 6) is 0.788. The number of esters is 1. The van der Waals surface area contributed by atoms with Crippen molar-refractivity contribution in [1.82, 2.24) is 0 Å². The number of carbonyl (C=O) groups excluding carboxylic acids is 2. The zero-order chi connectivity index (χ0) is 15.5. The molecule has 1 aliphatic rings. The molecule has 6 heteroatoms. The number of fused-ring (bicyclic) bond motifs is 1. The molecule has 1 N–H and O–H groups in total. The van der Waals surface area contributed by atoms with Crippen LogP contribution in [0, 0.1) is 0 Å². The van der Waals surface area contributed by atoms with Gasteiger partial charge in [-0.15, -0.1) is 0 Å². The number of amides is 1. The number of ether oxygens (including phenoxy) is 3. The maximum Gasteiger partial charge on any atom is 0.343 e. The molecule has 0 atom stereocenters. The Hall–Kier alpha value is -3.02. The van der Waals surface area contributed by atoms with Crippen LogP contribution in [0.3, 0.4) is 0 Å². The molecule has 0 bridgehead atoms. The largest absolute Gasteiger partial charge is 0.497 e. The molecule has 0 fully saturated rings. The van der Waals surface area contributed by atoms with E-state index in [1.54, 1.807) is 49.6 Å². The maximum atomic E-state index is 12.1. The summed E-state index contributed by atoms with van der Waals surface area (Å²) in [7, 11) is 1.55. The van der Waals surface area contributed by atoms with E-state index in [2.05, 4.69) is 5.32 Å². The summed E-state index contributed by atoms with van der Waals surface area (Å²) in [6.07, 6.45) is 0. The molecule has 0 radical (unpaired) electrons. The standard InChI is InChI=1S/C16H13NO5/c1-20-11-4-2-10(3-5-11)16(19)22-12-6-7-14-13(8-12)17-15(18)9-21-14/h2-8H,9H2,1H3,(H,17,18). The van der Waals surface area contributed by atoms with Gasteiger partial charge in [-0.2, -0.15) is 0 Å². The average Bonchev–Trinajstić information content (AvgIpc) is 2.54. The van der Waals surface area contributed by atoms with Crippen LogP contribution in [0.5, 0.6) is 17.2 Å². The van der Waals surface area contributed by atoms with Crippen molar-refractivity contribution in [3.05, 3.63) is 48.0 Å². The third-order valence-corrected chi connectivity index (χ3v) is 3.12. The number of hydrogen-bond acceptors (Lipinski definition) is 5. The van der Waals surface area contributed by atoms with Gasteiger partial charge in [0.2, 0.25) is 0 Å². The molecule has 1 aliphatic heterocycles. The van der Waals surface area contributed by atoms with Crippen LogP contribution in [-0.4, -0.2) is 25.6 Å². The number of methoxy groups -OCH3 is 1. The Morgan fingerprint density at radius 2 is 1.86 bits per heavy atom. The van der Waals surface area contributed by atoms with Gasteiger partial charge >= 0.3 is 5.97 Å². The second kappa shape index (κ2) is 5.77. The van der Waals surface area contributed by atoms with Gasteiger partial charge in [-0.25, -0.2) is 4.79 Å². The minimum Gasteiger partial charge on any atom is -0.497 e. The van der Waals surface area contributed by atoms with Crippen LogP contribution in [-0.2, 0) is 4.79 Å². The molecule has 0 saturated heterocycles. The van der Waals surface area contributed by atoms with Crippen molar-refractivity contribution in [2.45, 2.75) is 0 Å². The number of nitrogens with one attached hydrogen (secondary N) is 1. The van der Waals surface area contributed by atoms with E-state index in [1.807, 2.05) is 0 Å². The minimum absolute atomic E-state index is 0.0159. The Balaban J connectivity index is 1.76. The van der Waals surface area contributed by atoms with Gasteiger partial charge in [0.15, 0.2) is 6.61 Å². The van der Waals surface area contributed by atoms with Gasteiger partial charge < -0.3 is 19.5 Å². The smallest absolute Gasteiger partial charge is 0.343 e. The summed E-state index contributed by atoms with van der Waals surface area (Å²) in [4.78, 5) is 23.3. The quantitative estimate of drug-likeness (QED) is 0.695. The molecule has 0 spiro atoms. The lowest BCUT2D eigenvalue weighted by molar-refractivity contribution is -0.118. The Labute approximate surface area is 126 Å². The second-order valence-electron chi connectivity index (χ2n) is 4.61. The van der Waals surface area contributed by atoms with Crippen LogP contribution in [0.15, 0.2) is 42.5 Å². The lowest BCUT2D eigenvalue weighted by Crippen LogP contribution is -2.25. The van der Waals surface area contributed by atoms with E-state index in [0.717, 1.165) is 0 Å². The van der Waals surface area contributed by atoms with Crippen LogP contribution in [0.25, 0.3) is 0 Å². The molecule has 3 rings (SSSR count). The summed E-state index contributed by atoms with van der Waals surface area (Å²) in [5.41, 5.74) is 0.884. The predicted octanol–water partition coefficient (Wildman–Crippen LogP) is 2.25. The highest BCUT2D eigenvalue weighted by molar-refractivity contribution is 5.96. The molecule has 112 valence electrons. The molecule has 2 aromatic rings. The average molecular weight is 299 g/mol. The van der Waals surface area contributed by atoms with Gasteiger partial charge in [-0.05, 0) is 36.4 Å². The highest BCUT2D eigenvalue weighted by Gasteiger charge is 2.17. The molecule has 2 aromatic carbocycles. The number of benzene rings is 2. The highest BCUT2D eigenvalue weighted by Crippen LogP contribution is 2.31. The minimum atomic E-state index is -0.495. The van der Waals surface area contributed by atoms with E-state index in [1.165, 1.54) is 0 Å². The lowest BCUT2D eigenvalue weighted by atomic mass is 10.2. The lowest BCUT2D eigenvalue weighted by Gasteiger charge is -2.18. The summed E-state index contributed by atoms with van der Waals surface area (Å²) in [6.45, 7) is -0.0159. The first-order valence-corrected chi connectivity index (χ1v) is 6.58. The monoisotopic (exact) mass is 299 g/mol. The van der Waals surface area contributed by atoms with E-state index in [-0.39, 0.29) is 12.5 Å². The Morgan fingerprint density at radius 3 is 2.59 bits per heavy atom. The van der Waals surface area contributed by atoms with Crippen molar-refractivity contribution in [2.75, 3.05) is 19.0 Å². The van der Waals surface area contributed by atoms with Crippen molar-refractivity contribution < 1.29 is 23.8 Å². The van der Waals surface area contributed by atoms with E-state index in [9.17, 15) is 9.59 Å². The van der Waals surface area contributed by atoms with Crippen LogP contribution >= 0.6 is 0 Å². The molecule has 0 unspecified atom stereocenters. The predicted molar refractivity (Wildman–Crippen MR) is 78.5 cm³/mol. The van der Waals surface area contributed by atoms with Gasteiger partial charge in [0, 0.05) is 6.07 Å². The van der Waals surface area contributed by atoms with E-state index < -0.39 is 5.97 Å². The zero-order valence-corrected chi connectivity index (χ0v) is 11.8. The summed E-state index contributed by atoms with van der Waals surface area (Å²) in [5, 5.41) is 2.66. The van der Waals surface area contributed by atoms with Gasteiger partial charge in [-0.1, -0.05) is 0 Å². The third kappa shape index (κ3) is 2.85. The van der Waals surface area contributed by atoms with E-state index in [0.29, 0.717) is 28.5 Å². The van der Waals surface area contributed by atoms with Crippen molar-refractivity contribution in [3.8, 4) is 17.2 Å². The summed E-state index contributed by atoms with van der Waals surface area (Å²) < 4.78 is 15.6. The van der Waals surface area contributed by atoms with Crippen LogP contribution in [0.2, 0.25) is 0 Å². The van der Waals surface area contributed by atoms with Crippen molar-refractivity contribution in [3.63, 3.8) is 0 Å². The van der Waals surface area contributed by atoms with Crippen LogP contribution < -0.4 is 19.5 Å². The molecule has 0 aliphatic carbocycles. The number of rotatable bonds is 3. The summed E-state index contributed by atoms with van der Waals surface area (Å²) in [6, 6.07) is 11.4. The van der Waals surface area contributed by atoms with Crippen LogP contribution in [0.4, 0.5) is 5.69 Å². The first kappa shape index (κ1) is 13.9. The molecule has 0 aromatic heterocycles. The topological polar surface area (TPSA) is 73.9 Å². The Morgan fingerprint density at radius 1 is 1.14 bits per heavy atom. The van der Waals surface area contributed by atoms with Crippen molar-refractivity contribution in [1.29, 1.82) is 0 Å². The SMILES string of the molecule is COc1ccc(C(=O)Oc2ccc3c(c2)NC(=O)CO3)cc1. The Kier molecular flexibility index (Phi) is 3.65. The number of anilines is 1. The first-order valence-electron chi connectivity index (χ1n) is 6.58.